The summed E-state index contributed by atoms with van der Waals surface area (Å²) in [6.45, 7) is 0. The first kappa shape index (κ1) is 13.5. The molecule has 0 aromatic heterocycles. The first-order valence-electron chi connectivity index (χ1n) is 5.49. The molecule has 4 heteroatoms. The van der Waals surface area contributed by atoms with Crippen molar-refractivity contribution < 1.29 is 4.39 Å². The molecule has 0 saturated heterocycles. The molecule has 0 heterocycles. The van der Waals surface area contributed by atoms with Crippen LogP contribution in [0.1, 0.15) is 17.2 Å². The first-order valence-corrected chi connectivity index (χ1v) is 6.66. The van der Waals surface area contributed by atoms with Gasteiger partial charge >= 0.3 is 0 Å². The Hall–Kier alpha value is -0.900. The molecular formula is C14H12BrClFN. The number of halogens is 3. The van der Waals surface area contributed by atoms with Gasteiger partial charge in [0.2, 0.25) is 0 Å². The van der Waals surface area contributed by atoms with Gasteiger partial charge in [-0.05, 0) is 58.4 Å². The van der Waals surface area contributed by atoms with Crippen LogP contribution in [0.3, 0.4) is 0 Å². The van der Waals surface area contributed by atoms with Crippen LogP contribution in [0, 0.1) is 5.82 Å². The molecule has 0 saturated carbocycles. The van der Waals surface area contributed by atoms with Crippen LogP contribution in [0.4, 0.5) is 4.39 Å². The van der Waals surface area contributed by atoms with E-state index in [1.54, 1.807) is 12.1 Å². The Balaban J connectivity index is 2.38. The second kappa shape index (κ2) is 5.83. The van der Waals surface area contributed by atoms with Crippen LogP contribution in [0.25, 0.3) is 0 Å². The van der Waals surface area contributed by atoms with Crippen LogP contribution >= 0.6 is 27.5 Å². The fourth-order valence-corrected chi connectivity index (χ4v) is 2.39. The predicted molar refractivity (Wildman–Crippen MR) is 76.5 cm³/mol. The van der Waals surface area contributed by atoms with Crippen molar-refractivity contribution in [2.45, 2.75) is 6.04 Å². The third-order valence-corrected chi connectivity index (χ3v) is 3.98. The Morgan fingerprint density at radius 2 is 1.72 bits per heavy atom. The molecule has 1 nitrogen and oxygen atoms in total. The van der Waals surface area contributed by atoms with Gasteiger partial charge in [-0.15, -0.1) is 0 Å². The van der Waals surface area contributed by atoms with Gasteiger partial charge in [0.15, 0.2) is 0 Å². The molecule has 94 valence electrons. The molecule has 1 N–H and O–H groups in total. The largest absolute Gasteiger partial charge is 0.309 e. The zero-order chi connectivity index (χ0) is 13.1. The predicted octanol–water partition coefficient (Wildman–Crippen LogP) is 4.55. The average molecular weight is 329 g/mol. The summed E-state index contributed by atoms with van der Waals surface area (Å²) < 4.78 is 13.8. The van der Waals surface area contributed by atoms with E-state index in [2.05, 4.69) is 21.2 Å². The lowest BCUT2D eigenvalue weighted by Gasteiger charge is -2.17. The smallest absolute Gasteiger partial charge is 0.123 e. The second-order valence-corrected chi connectivity index (χ2v) is 5.21. The number of benzene rings is 2. The van der Waals surface area contributed by atoms with Gasteiger partial charge in [-0.2, -0.15) is 0 Å². The molecule has 0 amide bonds. The molecule has 2 rings (SSSR count). The van der Waals surface area contributed by atoms with E-state index in [1.807, 2.05) is 25.2 Å². The fraction of sp³-hybridized carbons (Fsp3) is 0.143. The molecule has 18 heavy (non-hydrogen) atoms. The van der Waals surface area contributed by atoms with Gasteiger partial charge in [0, 0.05) is 4.47 Å². The third kappa shape index (κ3) is 2.91. The summed E-state index contributed by atoms with van der Waals surface area (Å²) in [6, 6.07) is 12.3. The fourth-order valence-electron chi connectivity index (χ4n) is 1.87. The van der Waals surface area contributed by atoms with E-state index in [4.69, 9.17) is 11.6 Å². The topological polar surface area (TPSA) is 12.0 Å². The average Bonchev–Trinajstić information content (AvgIpc) is 2.37. The van der Waals surface area contributed by atoms with E-state index >= 15 is 0 Å². The molecular weight excluding hydrogens is 317 g/mol. The van der Waals surface area contributed by atoms with Gasteiger partial charge in [-0.25, -0.2) is 4.39 Å². The van der Waals surface area contributed by atoms with E-state index < -0.39 is 0 Å². The maximum atomic E-state index is 12.9. The molecule has 0 bridgehead atoms. The van der Waals surface area contributed by atoms with Crippen molar-refractivity contribution in [3.63, 3.8) is 0 Å². The molecule has 0 spiro atoms. The standard InChI is InChI=1S/C14H12BrClFN/c1-18-14(9-2-5-11(17)6-3-9)10-4-7-13(16)12(15)8-10/h2-8,14,18H,1H3. The Morgan fingerprint density at radius 3 is 2.28 bits per heavy atom. The third-order valence-electron chi connectivity index (χ3n) is 2.77. The molecule has 2 aromatic rings. The maximum absolute atomic E-state index is 12.9. The van der Waals surface area contributed by atoms with Crippen LogP contribution in [-0.4, -0.2) is 7.05 Å². The normalized spacial score (nSPS) is 12.4. The zero-order valence-corrected chi connectivity index (χ0v) is 12.1. The van der Waals surface area contributed by atoms with Crippen molar-refractivity contribution in [2.24, 2.45) is 0 Å². The van der Waals surface area contributed by atoms with E-state index in [0.717, 1.165) is 15.6 Å². The highest BCUT2D eigenvalue weighted by molar-refractivity contribution is 9.10. The van der Waals surface area contributed by atoms with Gasteiger partial charge in [-0.1, -0.05) is 29.8 Å². The summed E-state index contributed by atoms with van der Waals surface area (Å²) in [6.07, 6.45) is 0. The zero-order valence-electron chi connectivity index (χ0n) is 9.75. The summed E-state index contributed by atoms with van der Waals surface area (Å²) in [7, 11) is 1.87. The van der Waals surface area contributed by atoms with Crippen molar-refractivity contribution in [1.82, 2.24) is 5.32 Å². The molecule has 0 fully saturated rings. The van der Waals surface area contributed by atoms with Gasteiger partial charge < -0.3 is 5.32 Å². The SMILES string of the molecule is CNC(c1ccc(F)cc1)c1ccc(Cl)c(Br)c1. The molecule has 1 atom stereocenters. The van der Waals surface area contributed by atoms with Crippen LogP contribution in [0.15, 0.2) is 46.9 Å². The van der Waals surface area contributed by atoms with Crippen LogP contribution in [0.5, 0.6) is 0 Å². The van der Waals surface area contributed by atoms with E-state index in [1.165, 1.54) is 12.1 Å². The monoisotopic (exact) mass is 327 g/mol. The number of hydrogen-bond acceptors (Lipinski definition) is 1. The molecule has 2 aromatic carbocycles. The highest BCUT2D eigenvalue weighted by Crippen LogP contribution is 2.29. The highest BCUT2D eigenvalue weighted by Gasteiger charge is 2.13. The van der Waals surface area contributed by atoms with E-state index in [0.29, 0.717) is 5.02 Å². The lowest BCUT2D eigenvalue weighted by atomic mass is 9.99. The number of hydrogen-bond donors (Lipinski definition) is 1. The number of nitrogens with one attached hydrogen (secondary N) is 1. The van der Waals surface area contributed by atoms with Gasteiger partial charge in [0.05, 0.1) is 11.1 Å². The summed E-state index contributed by atoms with van der Waals surface area (Å²) in [4.78, 5) is 0. The minimum Gasteiger partial charge on any atom is -0.309 e. The van der Waals surface area contributed by atoms with Crippen LogP contribution < -0.4 is 5.32 Å². The van der Waals surface area contributed by atoms with Crippen molar-refractivity contribution in [3.8, 4) is 0 Å². The minimum absolute atomic E-state index is 0.0131. The maximum Gasteiger partial charge on any atom is 0.123 e. The summed E-state index contributed by atoms with van der Waals surface area (Å²) in [5.74, 6) is -0.231. The van der Waals surface area contributed by atoms with Crippen molar-refractivity contribution >= 4 is 27.5 Å². The molecule has 0 radical (unpaired) electrons. The highest BCUT2D eigenvalue weighted by atomic mass is 79.9. The Labute approximate surface area is 119 Å². The minimum atomic E-state index is -0.231. The van der Waals surface area contributed by atoms with Gasteiger partial charge in [-0.3, -0.25) is 0 Å². The van der Waals surface area contributed by atoms with Crippen LogP contribution in [0.2, 0.25) is 5.02 Å². The lowest BCUT2D eigenvalue weighted by molar-refractivity contribution is 0.623. The van der Waals surface area contributed by atoms with E-state index in [9.17, 15) is 4.39 Å². The molecule has 1 unspecified atom stereocenters. The van der Waals surface area contributed by atoms with Crippen molar-refractivity contribution in [1.29, 1.82) is 0 Å². The Bertz CT molecular complexity index is 542. The van der Waals surface area contributed by atoms with Crippen molar-refractivity contribution in [3.05, 3.63) is 68.9 Å². The summed E-state index contributed by atoms with van der Waals surface area (Å²) in [5.41, 5.74) is 2.08. The van der Waals surface area contributed by atoms with E-state index in [-0.39, 0.29) is 11.9 Å². The first-order chi connectivity index (χ1) is 8.61. The Kier molecular flexibility index (Phi) is 4.38. The second-order valence-electron chi connectivity index (χ2n) is 3.95. The molecule has 0 aliphatic heterocycles. The molecule has 0 aliphatic rings. The summed E-state index contributed by atoms with van der Waals surface area (Å²) in [5, 5.41) is 3.89. The van der Waals surface area contributed by atoms with Gasteiger partial charge in [0.25, 0.3) is 0 Å². The van der Waals surface area contributed by atoms with Crippen LogP contribution in [-0.2, 0) is 0 Å². The van der Waals surface area contributed by atoms with Gasteiger partial charge in [0.1, 0.15) is 5.82 Å². The number of rotatable bonds is 3. The lowest BCUT2D eigenvalue weighted by Crippen LogP contribution is -2.17. The van der Waals surface area contributed by atoms with Crippen molar-refractivity contribution in [2.75, 3.05) is 7.05 Å². The summed E-state index contributed by atoms with van der Waals surface area (Å²) >= 11 is 9.39. The Morgan fingerprint density at radius 1 is 1.11 bits per heavy atom. The quantitative estimate of drug-likeness (QED) is 0.871. The molecule has 0 aliphatic carbocycles.